The Bertz CT molecular complexity index is 451. The van der Waals surface area contributed by atoms with E-state index < -0.39 is 12.3 Å². The largest absolute Gasteiger partial charge is 0.367 e. The number of nitrogens with two attached hydrogens (primary N) is 1. The van der Waals surface area contributed by atoms with Gasteiger partial charge in [-0.1, -0.05) is 24.3 Å². The van der Waals surface area contributed by atoms with Gasteiger partial charge in [0.15, 0.2) is 6.29 Å². The van der Waals surface area contributed by atoms with Crippen molar-refractivity contribution in [1.82, 2.24) is 10.6 Å². The first-order chi connectivity index (χ1) is 9.08. The molecule has 0 bridgehead atoms. The van der Waals surface area contributed by atoms with Crippen LogP contribution < -0.4 is 16.4 Å². The second-order valence-electron chi connectivity index (χ2n) is 4.72. The minimum atomic E-state index is -1.63. The molecule has 1 aromatic rings. The molecule has 0 aromatic heterocycles. The Morgan fingerprint density at radius 3 is 2.89 bits per heavy atom. The third kappa shape index (κ3) is 3.44. The second-order valence-corrected chi connectivity index (χ2v) is 4.72. The van der Waals surface area contributed by atoms with Gasteiger partial charge in [-0.3, -0.25) is 0 Å². The summed E-state index contributed by atoms with van der Waals surface area (Å²) in [5.74, 6) is 0. The van der Waals surface area contributed by atoms with Crippen LogP contribution in [-0.2, 0) is 6.42 Å². The highest BCUT2D eigenvalue weighted by Gasteiger charge is 2.23. The Hall–Kier alpha value is -1.63. The number of rotatable bonds is 4. The van der Waals surface area contributed by atoms with E-state index >= 15 is 0 Å². The molecule has 2 atom stereocenters. The van der Waals surface area contributed by atoms with E-state index in [1.54, 1.807) is 0 Å². The van der Waals surface area contributed by atoms with Crippen LogP contribution in [-0.4, -0.2) is 35.1 Å². The summed E-state index contributed by atoms with van der Waals surface area (Å²) in [6.07, 6.45) is 0.199. The van der Waals surface area contributed by atoms with E-state index in [4.69, 9.17) is 15.9 Å². The highest BCUT2D eigenvalue weighted by atomic mass is 16.5. The Balaban J connectivity index is 1.84. The van der Waals surface area contributed by atoms with Gasteiger partial charge in [0.1, 0.15) is 0 Å². The molecule has 104 valence electrons. The number of fused-ring (bicyclic) bond motifs is 1. The van der Waals surface area contributed by atoms with Gasteiger partial charge in [0.25, 0.3) is 0 Å². The maximum absolute atomic E-state index is 11.7. The summed E-state index contributed by atoms with van der Waals surface area (Å²) in [6.45, 7) is 0.0118. The normalized spacial score (nSPS) is 19.1. The van der Waals surface area contributed by atoms with Gasteiger partial charge in [0.2, 0.25) is 0 Å². The highest BCUT2D eigenvalue weighted by Crippen LogP contribution is 2.30. The van der Waals surface area contributed by atoms with Gasteiger partial charge in [-0.2, -0.15) is 0 Å². The number of carbonyl (C=O) groups excluding carboxylic acids is 1. The van der Waals surface area contributed by atoms with Gasteiger partial charge in [0, 0.05) is 6.54 Å². The lowest BCUT2D eigenvalue weighted by Crippen LogP contribution is -2.47. The highest BCUT2D eigenvalue weighted by molar-refractivity contribution is 5.74. The zero-order valence-electron chi connectivity index (χ0n) is 10.5. The SMILES string of the molecule is N[C@@H](CNC(=O)N[C@@H]1CCc2ccccc21)C(O)O. The molecule has 1 aliphatic rings. The summed E-state index contributed by atoms with van der Waals surface area (Å²) in [7, 11) is 0. The molecule has 0 fully saturated rings. The van der Waals surface area contributed by atoms with Crippen LogP contribution in [0, 0.1) is 0 Å². The van der Waals surface area contributed by atoms with Crippen LogP contribution >= 0.6 is 0 Å². The fourth-order valence-corrected chi connectivity index (χ4v) is 2.23. The molecule has 1 aliphatic carbocycles. The number of nitrogens with one attached hydrogen (secondary N) is 2. The molecule has 6 N–H and O–H groups in total. The third-order valence-corrected chi connectivity index (χ3v) is 3.32. The fourth-order valence-electron chi connectivity index (χ4n) is 2.23. The molecule has 0 unspecified atom stereocenters. The lowest BCUT2D eigenvalue weighted by molar-refractivity contribution is -0.0567. The summed E-state index contributed by atoms with van der Waals surface area (Å²) in [6, 6.07) is 6.78. The Kier molecular flexibility index (Phi) is 4.36. The Morgan fingerprint density at radius 1 is 1.42 bits per heavy atom. The first kappa shape index (κ1) is 13.8. The van der Waals surface area contributed by atoms with Gasteiger partial charge in [0.05, 0.1) is 12.1 Å². The molecule has 0 spiro atoms. The number of hydrogen-bond donors (Lipinski definition) is 5. The van der Waals surface area contributed by atoms with Crippen molar-refractivity contribution in [3.63, 3.8) is 0 Å². The van der Waals surface area contributed by atoms with Crippen molar-refractivity contribution in [3.05, 3.63) is 35.4 Å². The lowest BCUT2D eigenvalue weighted by atomic mass is 10.1. The molecule has 0 saturated carbocycles. The number of aryl methyl sites for hydroxylation is 1. The predicted octanol–water partition coefficient (Wildman–Crippen LogP) is -0.389. The number of hydrogen-bond acceptors (Lipinski definition) is 4. The summed E-state index contributed by atoms with van der Waals surface area (Å²) in [5, 5.41) is 23.0. The lowest BCUT2D eigenvalue weighted by Gasteiger charge is -2.17. The van der Waals surface area contributed by atoms with Crippen molar-refractivity contribution in [1.29, 1.82) is 0 Å². The zero-order chi connectivity index (χ0) is 13.8. The van der Waals surface area contributed by atoms with Crippen LogP contribution in [0.3, 0.4) is 0 Å². The summed E-state index contributed by atoms with van der Waals surface area (Å²) in [5.41, 5.74) is 7.81. The van der Waals surface area contributed by atoms with E-state index in [1.165, 1.54) is 5.56 Å². The molecule has 0 saturated heterocycles. The van der Waals surface area contributed by atoms with Crippen molar-refractivity contribution in [3.8, 4) is 0 Å². The minimum absolute atomic E-state index is 0.00599. The maximum Gasteiger partial charge on any atom is 0.315 e. The summed E-state index contributed by atoms with van der Waals surface area (Å²) < 4.78 is 0. The molecule has 6 heteroatoms. The van der Waals surface area contributed by atoms with Gasteiger partial charge in [-0.25, -0.2) is 4.79 Å². The summed E-state index contributed by atoms with van der Waals surface area (Å²) >= 11 is 0. The van der Waals surface area contributed by atoms with Crippen LogP contribution in [0.2, 0.25) is 0 Å². The molecule has 1 aromatic carbocycles. The van der Waals surface area contributed by atoms with Crippen LogP contribution in [0.1, 0.15) is 23.6 Å². The molecule has 0 heterocycles. The van der Waals surface area contributed by atoms with E-state index in [-0.39, 0.29) is 18.6 Å². The fraction of sp³-hybridized carbons (Fsp3) is 0.462. The molecule has 6 nitrogen and oxygen atoms in total. The monoisotopic (exact) mass is 265 g/mol. The standard InChI is InChI=1S/C13H19N3O3/c14-10(12(17)18)7-15-13(19)16-11-6-5-8-3-1-2-4-9(8)11/h1-4,10-12,17-18H,5-7,14H2,(H2,15,16,19)/t10-,11+/m0/s1. The van der Waals surface area contributed by atoms with Crippen LogP contribution in [0.5, 0.6) is 0 Å². The molecular formula is C13H19N3O3. The maximum atomic E-state index is 11.7. The Morgan fingerprint density at radius 2 is 2.16 bits per heavy atom. The van der Waals surface area contributed by atoms with Crippen molar-refractivity contribution < 1.29 is 15.0 Å². The van der Waals surface area contributed by atoms with Crippen molar-refractivity contribution in [2.45, 2.75) is 31.2 Å². The first-order valence-electron chi connectivity index (χ1n) is 6.32. The van der Waals surface area contributed by atoms with Crippen molar-refractivity contribution in [2.24, 2.45) is 5.73 Å². The van der Waals surface area contributed by atoms with Gasteiger partial charge in [-0.05, 0) is 24.0 Å². The Labute approximate surface area is 111 Å². The molecule has 2 amide bonds. The van der Waals surface area contributed by atoms with Crippen LogP contribution in [0.25, 0.3) is 0 Å². The van der Waals surface area contributed by atoms with E-state index in [0.717, 1.165) is 18.4 Å². The minimum Gasteiger partial charge on any atom is -0.367 e. The van der Waals surface area contributed by atoms with E-state index in [1.807, 2.05) is 18.2 Å². The number of aliphatic hydroxyl groups is 2. The summed E-state index contributed by atoms with van der Waals surface area (Å²) in [4.78, 5) is 11.7. The van der Waals surface area contributed by atoms with Crippen LogP contribution in [0.15, 0.2) is 24.3 Å². The zero-order valence-corrected chi connectivity index (χ0v) is 10.5. The molecule has 19 heavy (non-hydrogen) atoms. The van der Waals surface area contributed by atoms with Crippen LogP contribution in [0.4, 0.5) is 4.79 Å². The van der Waals surface area contributed by atoms with Gasteiger partial charge in [-0.15, -0.1) is 0 Å². The van der Waals surface area contributed by atoms with E-state index in [9.17, 15) is 4.79 Å². The number of carbonyl (C=O) groups is 1. The van der Waals surface area contributed by atoms with E-state index in [0.29, 0.717) is 0 Å². The smallest absolute Gasteiger partial charge is 0.315 e. The molecule has 2 rings (SSSR count). The third-order valence-electron chi connectivity index (χ3n) is 3.32. The topological polar surface area (TPSA) is 108 Å². The average Bonchev–Trinajstić information content (AvgIpc) is 2.79. The van der Waals surface area contributed by atoms with Crippen molar-refractivity contribution >= 4 is 6.03 Å². The molecule has 0 aliphatic heterocycles. The number of urea groups is 1. The van der Waals surface area contributed by atoms with E-state index in [2.05, 4.69) is 16.7 Å². The first-order valence-corrected chi connectivity index (χ1v) is 6.32. The number of benzene rings is 1. The molecule has 0 radical (unpaired) electrons. The van der Waals surface area contributed by atoms with Gasteiger partial charge < -0.3 is 26.6 Å². The number of amides is 2. The average molecular weight is 265 g/mol. The predicted molar refractivity (Wildman–Crippen MR) is 70.2 cm³/mol. The quantitative estimate of drug-likeness (QED) is 0.478. The molecular weight excluding hydrogens is 246 g/mol. The second kappa shape index (κ2) is 6.01. The van der Waals surface area contributed by atoms with Crippen molar-refractivity contribution in [2.75, 3.05) is 6.54 Å². The number of aliphatic hydroxyl groups excluding tert-OH is 1. The van der Waals surface area contributed by atoms with Gasteiger partial charge >= 0.3 is 6.03 Å².